The Morgan fingerprint density at radius 1 is 1.61 bits per heavy atom. The summed E-state index contributed by atoms with van der Waals surface area (Å²) in [7, 11) is 3.94. The zero-order valence-corrected chi connectivity index (χ0v) is 11.9. The molecule has 6 heteroatoms. The summed E-state index contributed by atoms with van der Waals surface area (Å²) in [6.07, 6.45) is 3.04. The van der Waals surface area contributed by atoms with Gasteiger partial charge in [0.15, 0.2) is 5.78 Å². The molecule has 0 saturated heterocycles. The number of halogens is 1. The van der Waals surface area contributed by atoms with Crippen molar-refractivity contribution in [1.82, 2.24) is 14.7 Å². The van der Waals surface area contributed by atoms with Gasteiger partial charge in [0.2, 0.25) is 0 Å². The third-order valence-electron chi connectivity index (χ3n) is 2.72. The SMILES string of the molecule is CCCC(N)C(=O)c1c(Cl)cnn1CCN(C)C. The van der Waals surface area contributed by atoms with Crippen molar-refractivity contribution < 1.29 is 4.79 Å². The van der Waals surface area contributed by atoms with Crippen LogP contribution in [0.15, 0.2) is 6.20 Å². The number of aromatic nitrogens is 2. The molecular weight excluding hydrogens is 252 g/mol. The fourth-order valence-electron chi connectivity index (χ4n) is 1.69. The first-order valence-electron chi connectivity index (χ1n) is 6.13. The van der Waals surface area contributed by atoms with Crippen molar-refractivity contribution in [2.24, 2.45) is 5.73 Å². The fourth-order valence-corrected chi connectivity index (χ4v) is 1.92. The van der Waals surface area contributed by atoms with Crippen LogP contribution in [-0.4, -0.2) is 47.1 Å². The summed E-state index contributed by atoms with van der Waals surface area (Å²) in [5.41, 5.74) is 6.28. The van der Waals surface area contributed by atoms with E-state index in [0.29, 0.717) is 23.7 Å². The first kappa shape index (κ1) is 15.1. The predicted molar refractivity (Wildman–Crippen MR) is 73.0 cm³/mol. The van der Waals surface area contributed by atoms with E-state index >= 15 is 0 Å². The number of hydrogen-bond donors (Lipinski definition) is 1. The smallest absolute Gasteiger partial charge is 0.199 e. The lowest BCUT2D eigenvalue weighted by molar-refractivity contribution is 0.0945. The normalized spacial score (nSPS) is 13.0. The van der Waals surface area contributed by atoms with Gasteiger partial charge in [0, 0.05) is 6.54 Å². The molecule has 0 saturated carbocycles. The number of likely N-dealkylation sites (N-methyl/N-ethyl adjacent to an activating group) is 1. The molecule has 0 aliphatic rings. The second kappa shape index (κ2) is 6.87. The average Bonchev–Trinajstić information content (AvgIpc) is 2.67. The van der Waals surface area contributed by atoms with E-state index in [0.717, 1.165) is 13.0 Å². The van der Waals surface area contributed by atoms with E-state index in [4.69, 9.17) is 17.3 Å². The van der Waals surface area contributed by atoms with E-state index in [2.05, 4.69) is 5.10 Å². The maximum Gasteiger partial charge on any atom is 0.199 e. The van der Waals surface area contributed by atoms with E-state index in [1.54, 1.807) is 4.68 Å². The zero-order chi connectivity index (χ0) is 13.7. The first-order valence-corrected chi connectivity index (χ1v) is 6.51. The Labute approximate surface area is 113 Å². The summed E-state index contributed by atoms with van der Waals surface area (Å²) in [4.78, 5) is 14.2. The van der Waals surface area contributed by atoms with Crippen LogP contribution in [0, 0.1) is 0 Å². The molecule has 5 nitrogen and oxygen atoms in total. The third-order valence-corrected chi connectivity index (χ3v) is 3.00. The maximum atomic E-state index is 12.2. The Kier molecular flexibility index (Phi) is 5.78. The molecular formula is C12H21ClN4O. The van der Waals surface area contributed by atoms with Crippen molar-refractivity contribution >= 4 is 17.4 Å². The Morgan fingerprint density at radius 3 is 2.83 bits per heavy atom. The highest BCUT2D eigenvalue weighted by atomic mass is 35.5. The topological polar surface area (TPSA) is 64.2 Å². The third kappa shape index (κ3) is 3.80. The van der Waals surface area contributed by atoms with Crippen LogP contribution in [-0.2, 0) is 6.54 Å². The lowest BCUT2D eigenvalue weighted by Gasteiger charge is -2.14. The quantitative estimate of drug-likeness (QED) is 0.763. The molecule has 1 unspecified atom stereocenters. The van der Waals surface area contributed by atoms with Gasteiger partial charge in [-0.05, 0) is 20.5 Å². The van der Waals surface area contributed by atoms with Crippen molar-refractivity contribution in [3.63, 3.8) is 0 Å². The summed E-state index contributed by atoms with van der Waals surface area (Å²) in [5.74, 6) is -0.127. The van der Waals surface area contributed by atoms with Crippen molar-refractivity contribution in [2.45, 2.75) is 32.4 Å². The predicted octanol–water partition coefficient (Wildman–Crippen LogP) is 1.41. The molecule has 18 heavy (non-hydrogen) atoms. The molecule has 1 aromatic heterocycles. The molecule has 0 radical (unpaired) electrons. The van der Waals surface area contributed by atoms with Gasteiger partial charge in [0.25, 0.3) is 0 Å². The first-order chi connectivity index (χ1) is 8.47. The van der Waals surface area contributed by atoms with Crippen LogP contribution < -0.4 is 5.73 Å². The van der Waals surface area contributed by atoms with Gasteiger partial charge in [-0.1, -0.05) is 24.9 Å². The number of ketones is 1. The van der Waals surface area contributed by atoms with Gasteiger partial charge in [0.05, 0.1) is 23.8 Å². The highest BCUT2D eigenvalue weighted by Gasteiger charge is 2.22. The summed E-state index contributed by atoms with van der Waals surface area (Å²) >= 11 is 6.03. The van der Waals surface area contributed by atoms with Crippen molar-refractivity contribution in [3.05, 3.63) is 16.9 Å². The zero-order valence-electron chi connectivity index (χ0n) is 11.2. The number of rotatable bonds is 7. The second-order valence-electron chi connectivity index (χ2n) is 4.63. The number of hydrogen-bond acceptors (Lipinski definition) is 4. The standard InChI is InChI=1S/C12H21ClN4O/c1-4-5-10(14)12(18)11-9(13)8-15-17(11)7-6-16(2)3/h8,10H,4-7,14H2,1-3H3. The van der Waals surface area contributed by atoms with Gasteiger partial charge in [-0.15, -0.1) is 0 Å². The Balaban J connectivity index is 2.86. The van der Waals surface area contributed by atoms with Gasteiger partial charge in [-0.3, -0.25) is 9.48 Å². The number of Topliss-reactive ketones (excluding diaryl/α,β-unsaturated/α-hetero) is 1. The monoisotopic (exact) mass is 272 g/mol. The van der Waals surface area contributed by atoms with Crippen LogP contribution in [0.2, 0.25) is 5.02 Å². The average molecular weight is 273 g/mol. The Morgan fingerprint density at radius 2 is 2.28 bits per heavy atom. The molecule has 1 rings (SSSR count). The van der Waals surface area contributed by atoms with Gasteiger partial charge < -0.3 is 10.6 Å². The molecule has 0 aliphatic carbocycles. The summed E-state index contributed by atoms with van der Waals surface area (Å²) in [6.45, 7) is 3.42. The summed E-state index contributed by atoms with van der Waals surface area (Å²) in [6, 6.07) is -0.498. The second-order valence-corrected chi connectivity index (χ2v) is 5.03. The van der Waals surface area contributed by atoms with Crippen LogP contribution >= 0.6 is 11.6 Å². The van der Waals surface area contributed by atoms with Gasteiger partial charge in [-0.25, -0.2) is 0 Å². The fraction of sp³-hybridized carbons (Fsp3) is 0.667. The maximum absolute atomic E-state index is 12.2. The largest absolute Gasteiger partial charge is 0.321 e. The highest BCUT2D eigenvalue weighted by molar-refractivity contribution is 6.33. The van der Waals surface area contributed by atoms with Crippen LogP contribution in [0.5, 0.6) is 0 Å². The molecule has 0 spiro atoms. The lowest BCUT2D eigenvalue weighted by Crippen LogP contribution is -2.33. The molecule has 0 amide bonds. The molecule has 102 valence electrons. The molecule has 2 N–H and O–H groups in total. The molecule has 0 aliphatic heterocycles. The Hall–Kier alpha value is -0.910. The highest BCUT2D eigenvalue weighted by Crippen LogP contribution is 2.17. The van der Waals surface area contributed by atoms with Gasteiger partial charge >= 0.3 is 0 Å². The van der Waals surface area contributed by atoms with Gasteiger partial charge in [0.1, 0.15) is 5.69 Å². The van der Waals surface area contributed by atoms with E-state index in [-0.39, 0.29) is 5.78 Å². The Bertz CT molecular complexity index is 403. The minimum absolute atomic E-state index is 0.127. The molecule has 1 heterocycles. The van der Waals surface area contributed by atoms with E-state index in [1.165, 1.54) is 6.20 Å². The molecule has 1 atom stereocenters. The molecule has 1 aromatic rings. The minimum atomic E-state index is -0.498. The number of nitrogens with two attached hydrogens (primary N) is 1. The lowest BCUT2D eigenvalue weighted by atomic mass is 10.1. The number of carbonyl (C=O) groups excluding carboxylic acids is 1. The van der Waals surface area contributed by atoms with Crippen LogP contribution in [0.1, 0.15) is 30.3 Å². The van der Waals surface area contributed by atoms with Crippen LogP contribution in [0.4, 0.5) is 0 Å². The number of carbonyl (C=O) groups is 1. The van der Waals surface area contributed by atoms with Gasteiger partial charge in [-0.2, -0.15) is 5.10 Å². The van der Waals surface area contributed by atoms with E-state index in [1.807, 2.05) is 25.9 Å². The van der Waals surface area contributed by atoms with Crippen LogP contribution in [0.3, 0.4) is 0 Å². The minimum Gasteiger partial charge on any atom is -0.321 e. The van der Waals surface area contributed by atoms with E-state index in [9.17, 15) is 4.79 Å². The molecule has 0 aromatic carbocycles. The van der Waals surface area contributed by atoms with Crippen LogP contribution in [0.25, 0.3) is 0 Å². The molecule has 0 bridgehead atoms. The van der Waals surface area contributed by atoms with Crippen molar-refractivity contribution in [3.8, 4) is 0 Å². The van der Waals surface area contributed by atoms with E-state index < -0.39 is 6.04 Å². The molecule has 0 fully saturated rings. The summed E-state index contributed by atoms with van der Waals surface area (Å²) < 4.78 is 1.64. The van der Waals surface area contributed by atoms with Crippen molar-refractivity contribution in [2.75, 3.05) is 20.6 Å². The number of nitrogens with zero attached hydrogens (tertiary/aromatic N) is 3. The van der Waals surface area contributed by atoms with Crippen molar-refractivity contribution in [1.29, 1.82) is 0 Å². The summed E-state index contributed by atoms with van der Waals surface area (Å²) in [5, 5.41) is 4.51.